The van der Waals surface area contributed by atoms with Crippen LogP contribution in [0.1, 0.15) is 35.2 Å². The van der Waals surface area contributed by atoms with Crippen LogP contribution < -0.4 is 16.0 Å². The summed E-state index contributed by atoms with van der Waals surface area (Å²) in [5.74, 6) is -0.512. The number of fused-ring (bicyclic) bond motifs is 1. The molecule has 0 radical (unpaired) electrons. The van der Waals surface area contributed by atoms with Crippen LogP contribution in [0.25, 0.3) is 0 Å². The number of amides is 2. The van der Waals surface area contributed by atoms with Gasteiger partial charge in [0.2, 0.25) is 5.91 Å². The molecule has 1 saturated heterocycles. The Bertz CT molecular complexity index is 597. The van der Waals surface area contributed by atoms with Crippen LogP contribution in [0, 0.1) is 11.7 Å². The highest BCUT2D eigenvalue weighted by atomic mass is 19.1. The summed E-state index contributed by atoms with van der Waals surface area (Å²) in [6.45, 7) is 2.57. The second-order valence-electron chi connectivity index (χ2n) is 5.94. The average molecular weight is 305 g/mol. The summed E-state index contributed by atoms with van der Waals surface area (Å²) in [6, 6.07) is 2.79. The van der Waals surface area contributed by atoms with E-state index in [0.717, 1.165) is 31.5 Å². The van der Waals surface area contributed by atoms with Gasteiger partial charge in [0.25, 0.3) is 5.91 Å². The van der Waals surface area contributed by atoms with E-state index < -0.39 is 5.82 Å². The molecule has 3 N–H and O–H groups in total. The minimum absolute atomic E-state index is 0.0550. The van der Waals surface area contributed by atoms with E-state index in [9.17, 15) is 14.0 Å². The van der Waals surface area contributed by atoms with E-state index >= 15 is 0 Å². The summed E-state index contributed by atoms with van der Waals surface area (Å²) >= 11 is 0. The first-order valence-corrected chi connectivity index (χ1v) is 7.74. The number of benzene rings is 1. The van der Waals surface area contributed by atoms with Crippen LogP contribution >= 0.6 is 0 Å². The van der Waals surface area contributed by atoms with E-state index in [-0.39, 0.29) is 17.4 Å². The van der Waals surface area contributed by atoms with Crippen LogP contribution in [0.3, 0.4) is 0 Å². The van der Waals surface area contributed by atoms with Crippen LogP contribution in [-0.2, 0) is 11.2 Å². The van der Waals surface area contributed by atoms with Crippen molar-refractivity contribution < 1.29 is 14.0 Å². The normalized spacial score (nSPS) is 20.4. The topological polar surface area (TPSA) is 70.2 Å². The molecule has 0 aromatic heterocycles. The summed E-state index contributed by atoms with van der Waals surface area (Å²) in [5.41, 5.74) is 1.34. The van der Waals surface area contributed by atoms with E-state index in [1.54, 1.807) is 6.07 Å². The van der Waals surface area contributed by atoms with Crippen LogP contribution in [0.5, 0.6) is 0 Å². The Balaban J connectivity index is 1.63. The van der Waals surface area contributed by atoms with Crippen LogP contribution in [-0.4, -0.2) is 31.4 Å². The van der Waals surface area contributed by atoms with Crippen molar-refractivity contribution in [3.8, 4) is 0 Å². The van der Waals surface area contributed by atoms with Gasteiger partial charge in [0.1, 0.15) is 5.82 Å². The fourth-order valence-corrected chi connectivity index (χ4v) is 3.02. The number of halogens is 1. The number of hydrogen-bond donors (Lipinski definition) is 3. The zero-order valence-electron chi connectivity index (χ0n) is 12.4. The molecular weight excluding hydrogens is 285 g/mol. The number of nitrogens with one attached hydrogen (secondary N) is 3. The van der Waals surface area contributed by atoms with Crippen LogP contribution in [0.15, 0.2) is 12.1 Å². The number of anilines is 1. The van der Waals surface area contributed by atoms with Gasteiger partial charge in [0.15, 0.2) is 0 Å². The van der Waals surface area contributed by atoms with Crippen LogP contribution in [0.4, 0.5) is 10.1 Å². The molecule has 0 saturated carbocycles. The summed E-state index contributed by atoms with van der Waals surface area (Å²) in [4.78, 5) is 23.4. The average Bonchev–Trinajstić information content (AvgIpc) is 2.99. The molecule has 1 fully saturated rings. The first kappa shape index (κ1) is 15.0. The lowest BCUT2D eigenvalue weighted by Gasteiger charge is -2.18. The van der Waals surface area contributed by atoms with Gasteiger partial charge < -0.3 is 16.0 Å². The summed E-state index contributed by atoms with van der Waals surface area (Å²) in [5, 5.41) is 8.70. The van der Waals surface area contributed by atoms with Gasteiger partial charge in [-0.25, -0.2) is 4.39 Å². The van der Waals surface area contributed by atoms with Gasteiger partial charge in [-0.3, -0.25) is 9.59 Å². The molecule has 1 aromatic rings. The lowest BCUT2D eigenvalue weighted by atomic mass is 9.99. The van der Waals surface area contributed by atoms with Crippen molar-refractivity contribution in [2.75, 3.05) is 25.0 Å². The summed E-state index contributed by atoms with van der Waals surface area (Å²) in [6.07, 6.45) is 2.94. The van der Waals surface area contributed by atoms with E-state index in [2.05, 4.69) is 16.0 Å². The fraction of sp³-hybridized carbons (Fsp3) is 0.500. The van der Waals surface area contributed by atoms with Gasteiger partial charge >= 0.3 is 0 Å². The van der Waals surface area contributed by atoms with Crippen molar-refractivity contribution in [3.63, 3.8) is 0 Å². The van der Waals surface area contributed by atoms with Crippen molar-refractivity contribution in [2.24, 2.45) is 5.92 Å². The Morgan fingerprint density at radius 3 is 3.00 bits per heavy atom. The third-order valence-electron chi connectivity index (χ3n) is 4.33. The quantitative estimate of drug-likeness (QED) is 0.788. The summed E-state index contributed by atoms with van der Waals surface area (Å²) < 4.78 is 14.1. The molecule has 1 atom stereocenters. The second kappa shape index (κ2) is 6.44. The number of carbonyl (C=O) groups excluding carboxylic acids is 2. The number of carbonyl (C=O) groups is 2. The third kappa shape index (κ3) is 3.27. The summed E-state index contributed by atoms with van der Waals surface area (Å²) in [7, 11) is 0. The SMILES string of the molecule is O=C1CCc2cc(C(=O)NCCC3CCNC3)c(F)cc2N1. The molecule has 2 heterocycles. The zero-order chi connectivity index (χ0) is 15.5. The van der Waals surface area contributed by atoms with Crippen molar-refractivity contribution in [3.05, 3.63) is 29.1 Å². The molecule has 2 amide bonds. The van der Waals surface area contributed by atoms with E-state index in [1.165, 1.54) is 6.07 Å². The van der Waals surface area contributed by atoms with Crippen molar-refractivity contribution in [2.45, 2.75) is 25.7 Å². The van der Waals surface area contributed by atoms with Gasteiger partial charge in [0.05, 0.1) is 5.56 Å². The first-order chi connectivity index (χ1) is 10.6. The Morgan fingerprint density at radius 2 is 2.23 bits per heavy atom. The molecule has 0 spiro atoms. The molecule has 0 aliphatic carbocycles. The molecule has 22 heavy (non-hydrogen) atoms. The lowest BCUT2D eigenvalue weighted by molar-refractivity contribution is -0.116. The Labute approximate surface area is 128 Å². The minimum atomic E-state index is -0.596. The molecule has 1 aromatic carbocycles. The second-order valence-corrected chi connectivity index (χ2v) is 5.94. The van der Waals surface area contributed by atoms with E-state index in [0.29, 0.717) is 31.0 Å². The number of rotatable bonds is 4. The highest BCUT2D eigenvalue weighted by Gasteiger charge is 2.21. The molecule has 1 unspecified atom stereocenters. The maximum Gasteiger partial charge on any atom is 0.254 e. The molecule has 2 aliphatic heterocycles. The fourth-order valence-electron chi connectivity index (χ4n) is 3.02. The standard InChI is InChI=1S/C16H20FN3O2/c17-13-8-14-11(1-2-15(21)20-14)7-12(13)16(22)19-6-4-10-3-5-18-9-10/h7-8,10,18H,1-6,9H2,(H,19,22)(H,20,21). The predicted molar refractivity (Wildman–Crippen MR) is 81.3 cm³/mol. The predicted octanol–water partition coefficient (Wildman–Crippen LogP) is 1.44. The smallest absolute Gasteiger partial charge is 0.254 e. The Morgan fingerprint density at radius 1 is 1.36 bits per heavy atom. The highest BCUT2D eigenvalue weighted by Crippen LogP contribution is 2.25. The molecule has 2 aliphatic rings. The number of aryl methyl sites for hydroxylation is 1. The molecule has 5 nitrogen and oxygen atoms in total. The van der Waals surface area contributed by atoms with E-state index in [1.807, 2.05) is 0 Å². The monoisotopic (exact) mass is 305 g/mol. The Hall–Kier alpha value is -1.95. The largest absolute Gasteiger partial charge is 0.352 e. The van der Waals surface area contributed by atoms with Gasteiger partial charge in [-0.05, 0) is 56.0 Å². The highest BCUT2D eigenvalue weighted by molar-refractivity contribution is 5.98. The molecular formula is C16H20FN3O2. The van der Waals surface area contributed by atoms with Crippen molar-refractivity contribution in [1.29, 1.82) is 0 Å². The first-order valence-electron chi connectivity index (χ1n) is 7.74. The van der Waals surface area contributed by atoms with Gasteiger partial charge in [0, 0.05) is 18.7 Å². The number of hydrogen-bond acceptors (Lipinski definition) is 3. The molecule has 118 valence electrons. The van der Waals surface area contributed by atoms with Crippen LogP contribution in [0.2, 0.25) is 0 Å². The Kier molecular flexibility index (Phi) is 4.38. The molecule has 3 rings (SSSR count). The lowest BCUT2D eigenvalue weighted by Crippen LogP contribution is -2.28. The maximum absolute atomic E-state index is 14.1. The molecule has 6 heteroatoms. The van der Waals surface area contributed by atoms with Gasteiger partial charge in [-0.1, -0.05) is 0 Å². The molecule has 0 bridgehead atoms. The third-order valence-corrected chi connectivity index (χ3v) is 4.33. The van der Waals surface area contributed by atoms with Crippen molar-refractivity contribution >= 4 is 17.5 Å². The van der Waals surface area contributed by atoms with Gasteiger partial charge in [-0.15, -0.1) is 0 Å². The van der Waals surface area contributed by atoms with Gasteiger partial charge in [-0.2, -0.15) is 0 Å². The van der Waals surface area contributed by atoms with E-state index in [4.69, 9.17) is 0 Å². The minimum Gasteiger partial charge on any atom is -0.352 e. The zero-order valence-corrected chi connectivity index (χ0v) is 12.4. The van der Waals surface area contributed by atoms with Crippen molar-refractivity contribution in [1.82, 2.24) is 10.6 Å². The maximum atomic E-state index is 14.1.